The maximum atomic E-state index is 5.82. The third kappa shape index (κ3) is 6.26. The van der Waals surface area contributed by atoms with Gasteiger partial charge in [-0.05, 0) is 53.8 Å². The van der Waals surface area contributed by atoms with Crippen molar-refractivity contribution in [3.8, 4) is 11.5 Å². The minimum atomic E-state index is 0.208. The second kappa shape index (κ2) is 10.1. The molecule has 0 saturated carbocycles. The van der Waals surface area contributed by atoms with Crippen molar-refractivity contribution in [3.63, 3.8) is 0 Å². The Morgan fingerprint density at radius 2 is 1.38 bits per heavy atom. The number of rotatable bonds is 11. The van der Waals surface area contributed by atoms with E-state index in [0.29, 0.717) is 19.8 Å². The van der Waals surface area contributed by atoms with Crippen LogP contribution >= 0.6 is 0 Å². The normalized spacial score (nSPS) is 11.2. The van der Waals surface area contributed by atoms with Crippen LogP contribution in [0.4, 0.5) is 5.69 Å². The SMILES string of the molecule is CCC(C)(C)c1ccc(OCCNc2ccc(OCCOC)cc2)cc1. The average Bonchev–Trinajstić information content (AvgIpc) is 2.67. The Labute approximate surface area is 157 Å². The van der Waals surface area contributed by atoms with Gasteiger partial charge in [0, 0.05) is 19.3 Å². The molecule has 4 heteroatoms. The highest BCUT2D eigenvalue weighted by atomic mass is 16.5. The van der Waals surface area contributed by atoms with E-state index in [2.05, 4.69) is 50.4 Å². The molecule has 0 fully saturated rings. The first-order chi connectivity index (χ1) is 12.5. The number of hydrogen-bond acceptors (Lipinski definition) is 4. The second-order valence-electron chi connectivity index (χ2n) is 6.90. The van der Waals surface area contributed by atoms with E-state index in [1.807, 2.05) is 24.3 Å². The Balaban J connectivity index is 1.71. The molecule has 0 atom stereocenters. The van der Waals surface area contributed by atoms with Crippen molar-refractivity contribution in [2.75, 3.05) is 38.8 Å². The largest absolute Gasteiger partial charge is 0.492 e. The van der Waals surface area contributed by atoms with Crippen LogP contribution in [0.3, 0.4) is 0 Å². The smallest absolute Gasteiger partial charge is 0.119 e. The van der Waals surface area contributed by atoms with Crippen molar-refractivity contribution in [1.29, 1.82) is 0 Å². The Morgan fingerprint density at radius 1 is 0.808 bits per heavy atom. The molecule has 0 aliphatic carbocycles. The quantitative estimate of drug-likeness (QED) is 0.581. The van der Waals surface area contributed by atoms with Crippen LogP contribution in [-0.2, 0) is 10.2 Å². The first kappa shape index (κ1) is 20.1. The van der Waals surface area contributed by atoms with Gasteiger partial charge in [0.15, 0.2) is 0 Å². The van der Waals surface area contributed by atoms with E-state index < -0.39 is 0 Å². The fourth-order valence-electron chi connectivity index (χ4n) is 2.48. The number of ether oxygens (including phenoxy) is 3. The van der Waals surface area contributed by atoms with Gasteiger partial charge in [-0.25, -0.2) is 0 Å². The zero-order chi connectivity index (χ0) is 18.8. The van der Waals surface area contributed by atoms with Crippen molar-refractivity contribution in [3.05, 3.63) is 54.1 Å². The molecule has 0 unspecified atom stereocenters. The predicted molar refractivity (Wildman–Crippen MR) is 108 cm³/mol. The summed E-state index contributed by atoms with van der Waals surface area (Å²) in [5.41, 5.74) is 2.60. The van der Waals surface area contributed by atoms with Crippen LogP contribution in [-0.4, -0.2) is 33.5 Å². The second-order valence-corrected chi connectivity index (χ2v) is 6.90. The van der Waals surface area contributed by atoms with Crippen LogP contribution in [0, 0.1) is 0 Å². The summed E-state index contributed by atoms with van der Waals surface area (Å²) in [5, 5.41) is 3.35. The summed E-state index contributed by atoms with van der Waals surface area (Å²) < 4.78 is 16.3. The minimum absolute atomic E-state index is 0.208. The van der Waals surface area contributed by atoms with Gasteiger partial charge in [0.1, 0.15) is 24.7 Å². The molecule has 0 saturated heterocycles. The van der Waals surface area contributed by atoms with E-state index in [1.165, 1.54) is 5.56 Å². The van der Waals surface area contributed by atoms with E-state index in [9.17, 15) is 0 Å². The molecule has 0 aliphatic heterocycles. The summed E-state index contributed by atoms with van der Waals surface area (Å²) in [7, 11) is 1.67. The number of methoxy groups -OCH3 is 1. The molecule has 0 bridgehead atoms. The molecule has 0 radical (unpaired) electrons. The van der Waals surface area contributed by atoms with Gasteiger partial charge in [-0.15, -0.1) is 0 Å². The van der Waals surface area contributed by atoms with Crippen LogP contribution in [0.2, 0.25) is 0 Å². The standard InChI is InChI=1S/C22H31NO3/c1-5-22(2,3)18-6-10-20(11-7-18)25-15-14-23-19-8-12-21(13-9-19)26-17-16-24-4/h6-13,23H,5,14-17H2,1-4H3. The van der Waals surface area contributed by atoms with Crippen LogP contribution < -0.4 is 14.8 Å². The summed E-state index contributed by atoms with van der Waals surface area (Å²) >= 11 is 0. The van der Waals surface area contributed by atoms with E-state index in [4.69, 9.17) is 14.2 Å². The monoisotopic (exact) mass is 357 g/mol. The number of nitrogens with one attached hydrogen (secondary N) is 1. The Kier molecular flexibility index (Phi) is 7.79. The molecule has 26 heavy (non-hydrogen) atoms. The van der Waals surface area contributed by atoms with E-state index in [0.717, 1.165) is 30.2 Å². The van der Waals surface area contributed by atoms with Gasteiger partial charge in [-0.1, -0.05) is 32.9 Å². The molecule has 4 nitrogen and oxygen atoms in total. The predicted octanol–water partition coefficient (Wildman–Crippen LogP) is 4.89. The maximum Gasteiger partial charge on any atom is 0.119 e. The molecule has 142 valence electrons. The maximum absolute atomic E-state index is 5.82. The lowest BCUT2D eigenvalue weighted by atomic mass is 9.82. The molecule has 1 N–H and O–H groups in total. The van der Waals surface area contributed by atoms with E-state index >= 15 is 0 Å². The molecule has 2 aromatic carbocycles. The molecule has 2 aromatic rings. The van der Waals surface area contributed by atoms with Crippen molar-refractivity contribution in [1.82, 2.24) is 0 Å². The lowest BCUT2D eigenvalue weighted by Crippen LogP contribution is -2.15. The minimum Gasteiger partial charge on any atom is -0.492 e. The number of benzene rings is 2. The summed E-state index contributed by atoms with van der Waals surface area (Å²) in [6.07, 6.45) is 1.12. The molecule has 0 aromatic heterocycles. The molecule has 0 spiro atoms. The first-order valence-electron chi connectivity index (χ1n) is 9.24. The van der Waals surface area contributed by atoms with Gasteiger partial charge < -0.3 is 19.5 Å². The summed E-state index contributed by atoms with van der Waals surface area (Å²) in [6.45, 7) is 9.25. The molecule has 2 rings (SSSR count). The highest BCUT2D eigenvalue weighted by Crippen LogP contribution is 2.28. The lowest BCUT2D eigenvalue weighted by molar-refractivity contribution is 0.146. The third-order valence-corrected chi connectivity index (χ3v) is 4.63. The van der Waals surface area contributed by atoms with Gasteiger partial charge >= 0.3 is 0 Å². The van der Waals surface area contributed by atoms with Crippen LogP contribution in [0.25, 0.3) is 0 Å². The van der Waals surface area contributed by atoms with Crippen LogP contribution in [0.15, 0.2) is 48.5 Å². The third-order valence-electron chi connectivity index (χ3n) is 4.63. The molecule has 0 amide bonds. The van der Waals surface area contributed by atoms with Gasteiger partial charge in [-0.2, -0.15) is 0 Å². The zero-order valence-electron chi connectivity index (χ0n) is 16.4. The highest BCUT2D eigenvalue weighted by molar-refractivity contribution is 5.46. The average molecular weight is 357 g/mol. The van der Waals surface area contributed by atoms with Crippen molar-refractivity contribution < 1.29 is 14.2 Å². The van der Waals surface area contributed by atoms with Crippen molar-refractivity contribution in [2.24, 2.45) is 0 Å². The first-order valence-corrected chi connectivity index (χ1v) is 9.24. The van der Waals surface area contributed by atoms with Crippen molar-refractivity contribution >= 4 is 5.69 Å². The van der Waals surface area contributed by atoms with Crippen LogP contribution in [0.1, 0.15) is 32.8 Å². The summed E-state index contributed by atoms with van der Waals surface area (Å²) in [4.78, 5) is 0. The summed E-state index contributed by atoms with van der Waals surface area (Å²) in [5.74, 6) is 1.75. The highest BCUT2D eigenvalue weighted by Gasteiger charge is 2.17. The van der Waals surface area contributed by atoms with Crippen molar-refractivity contribution in [2.45, 2.75) is 32.6 Å². The summed E-state index contributed by atoms with van der Waals surface area (Å²) in [6, 6.07) is 16.3. The molecular weight excluding hydrogens is 326 g/mol. The van der Waals surface area contributed by atoms with Gasteiger partial charge in [0.25, 0.3) is 0 Å². The Hall–Kier alpha value is -2.20. The van der Waals surface area contributed by atoms with E-state index in [-0.39, 0.29) is 5.41 Å². The Bertz CT molecular complexity index is 635. The molecule has 0 aliphatic rings. The number of anilines is 1. The Morgan fingerprint density at radius 3 is 1.96 bits per heavy atom. The topological polar surface area (TPSA) is 39.7 Å². The number of hydrogen-bond donors (Lipinski definition) is 1. The lowest BCUT2D eigenvalue weighted by Gasteiger charge is -2.23. The molecule has 0 heterocycles. The van der Waals surface area contributed by atoms with E-state index in [1.54, 1.807) is 7.11 Å². The van der Waals surface area contributed by atoms with Gasteiger partial charge in [-0.3, -0.25) is 0 Å². The zero-order valence-corrected chi connectivity index (χ0v) is 16.4. The fraction of sp³-hybridized carbons (Fsp3) is 0.455. The molecular formula is C22H31NO3. The van der Waals surface area contributed by atoms with Crippen LogP contribution in [0.5, 0.6) is 11.5 Å². The van der Waals surface area contributed by atoms with Gasteiger partial charge in [0.2, 0.25) is 0 Å². The van der Waals surface area contributed by atoms with Gasteiger partial charge in [0.05, 0.1) is 6.61 Å². The fourth-order valence-corrected chi connectivity index (χ4v) is 2.48.